The van der Waals surface area contributed by atoms with Crippen LogP contribution in [0.3, 0.4) is 0 Å². The Bertz CT molecular complexity index is 531. The molecule has 1 aromatic carbocycles. The van der Waals surface area contributed by atoms with Crippen LogP contribution in [0.5, 0.6) is 0 Å². The van der Waals surface area contributed by atoms with E-state index in [1.807, 2.05) is 12.1 Å². The number of rotatable bonds is 7. The van der Waals surface area contributed by atoms with Crippen LogP contribution in [0.4, 0.5) is 4.39 Å². The van der Waals surface area contributed by atoms with Gasteiger partial charge >= 0.3 is 0 Å². The van der Waals surface area contributed by atoms with Gasteiger partial charge in [0.1, 0.15) is 5.82 Å². The largest absolute Gasteiger partial charge is 0.396 e. The molecule has 3 rings (SSSR count). The quantitative estimate of drug-likeness (QED) is 0.806. The summed E-state index contributed by atoms with van der Waals surface area (Å²) in [6.45, 7) is 10.2. The average Bonchev–Trinajstić information content (AvgIpc) is 2.66. The molecule has 1 N–H and O–H groups in total. The lowest BCUT2D eigenvalue weighted by molar-refractivity contribution is 0.0132. The summed E-state index contributed by atoms with van der Waals surface area (Å²) in [6, 6.07) is 7.90. The highest BCUT2D eigenvalue weighted by atomic mass is 19.1. The standard InChI is InChI=1S/C21H34FN3O/c1-2-10-23-11-7-20(8-12-23)25-14-13-24(21(17-25)9-15-26)16-18-3-5-19(22)6-4-18/h3-6,20-21,26H,2,7-17H2,1H3. The van der Waals surface area contributed by atoms with Gasteiger partial charge in [0.15, 0.2) is 0 Å². The molecule has 0 saturated carbocycles. The summed E-state index contributed by atoms with van der Waals surface area (Å²) in [4.78, 5) is 7.71. The van der Waals surface area contributed by atoms with Crippen LogP contribution in [0.2, 0.25) is 0 Å². The number of piperidine rings is 1. The fraction of sp³-hybridized carbons (Fsp3) is 0.714. The van der Waals surface area contributed by atoms with Crippen molar-refractivity contribution >= 4 is 0 Å². The molecule has 0 aromatic heterocycles. The van der Waals surface area contributed by atoms with Crippen LogP contribution >= 0.6 is 0 Å². The van der Waals surface area contributed by atoms with E-state index in [9.17, 15) is 9.50 Å². The minimum Gasteiger partial charge on any atom is -0.396 e. The van der Waals surface area contributed by atoms with Crippen molar-refractivity contribution in [3.05, 3.63) is 35.6 Å². The molecule has 0 amide bonds. The maximum Gasteiger partial charge on any atom is 0.123 e. The molecule has 1 unspecified atom stereocenters. The number of hydrogen-bond acceptors (Lipinski definition) is 4. The average molecular weight is 364 g/mol. The summed E-state index contributed by atoms with van der Waals surface area (Å²) >= 11 is 0. The van der Waals surface area contributed by atoms with Crippen molar-refractivity contribution in [2.24, 2.45) is 0 Å². The maximum atomic E-state index is 13.1. The Labute approximate surface area is 157 Å². The monoisotopic (exact) mass is 363 g/mol. The third kappa shape index (κ3) is 5.26. The van der Waals surface area contributed by atoms with E-state index in [1.54, 1.807) is 0 Å². The van der Waals surface area contributed by atoms with Crippen LogP contribution in [0.15, 0.2) is 24.3 Å². The van der Waals surface area contributed by atoms with Gasteiger partial charge in [-0.2, -0.15) is 0 Å². The first-order valence-corrected chi connectivity index (χ1v) is 10.3. The van der Waals surface area contributed by atoms with E-state index >= 15 is 0 Å². The summed E-state index contributed by atoms with van der Waals surface area (Å²) in [5, 5.41) is 9.53. The van der Waals surface area contributed by atoms with Crippen LogP contribution in [0.1, 0.15) is 38.2 Å². The molecule has 146 valence electrons. The zero-order valence-electron chi connectivity index (χ0n) is 16.1. The maximum absolute atomic E-state index is 13.1. The number of aliphatic hydroxyl groups excluding tert-OH is 1. The van der Waals surface area contributed by atoms with Crippen LogP contribution in [0, 0.1) is 5.82 Å². The molecule has 1 aromatic rings. The molecule has 26 heavy (non-hydrogen) atoms. The summed E-state index contributed by atoms with van der Waals surface area (Å²) in [5.41, 5.74) is 1.15. The molecule has 1 atom stereocenters. The van der Waals surface area contributed by atoms with Gasteiger partial charge in [-0.15, -0.1) is 0 Å². The third-order valence-corrected chi connectivity index (χ3v) is 6.01. The minimum atomic E-state index is -0.181. The minimum absolute atomic E-state index is 0.181. The van der Waals surface area contributed by atoms with E-state index < -0.39 is 0 Å². The van der Waals surface area contributed by atoms with Crippen molar-refractivity contribution in [2.45, 2.75) is 51.2 Å². The highest BCUT2D eigenvalue weighted by Gasteiger charge is 2.32. The fourth-order valence-electron chi connectivity index (χ4n) is 4.53. The Hall–Kier alpha value is -1.01. The second kappa shape index (κ2) is 9.79. The molecule has 2 saturated heterocycles. The van der Waals surface area contributed by atoms with Gasteiger partial charge < -0.3 is 10.0 Å². The molecule has 5 heteroatoms. The number of likely N-dealkylation sites (tertiary alicyclic amines) is 1. The van der Waals surface area contributed by atoms with Gasteiger partial charge in [-0.3, -0.25) is 9.80 Å². The van der Waals surface area contributed by atoms with E-state index in [1.165, 1.54) is 51.0 Å². The Morgan fingerprint density at radius 2 is 1.81 bits per heavy atom. The van der Waals surface area contributed by atoms with Gasteiger partial charge in [0, 0.05) is 44.9 Å². The second-order valence-corrected chi connectivity index (χ2v) is 7.83. The molecular formula is C21H34FN3O. The van der Waals surface area contributed by atoms with Crippen molar-refractivity contribution in [3.63, 3.8) is 0 Å². The van der Waals surface area contributed by atoms with Crippen LogP contribution in [-0.2, 0) is 6.54 Å². The first-order chi connectivity index (χ1) is 12.7. The van der Waals surface area contributed by atoms with Gasteiger partial charge in [0.25, 0.3) is 0 Å². The zero-order chi connectivity index (χ0) is 18.4. The van der Waals surface area contributed by atoms with Crippen molar-refractivity contribution in [1.82, 2.24) is 14.7 Å². The number of aliphatic hydroxyl groups is 1. The summed E-state index contributed by atoms with van der Waals surface area (Å²) in [6.07, 6.45) is 4.59. The molecule has 2 aliphatic rings. The van der Waals surface area contributed by atoms with Gasteiger partial charge in [0.2, 0.25) is 0 Å². The van der Waals surface area contributed by atoms with E-state index in [2.05, 4.69) is 21.6 Å². The normalized spacial score (nSPS) is 24.2. The van der Waals surface area contributed by atoms with E-state index in [-0.39, 0.29) is 12.4 Å². The summed E-state index contributed by atoms with van der Waals surface area (Å²) < 4.78 is 13.1. The number of hydrogen-bond donors (Lipinski definition) is 1. The van der Waals surface area contributed by atoms with E-state index in [0.717, 1.165) is 38.2 Å². The molecule has 0 spiro atoms. The Kier molecular flexibility index (Phi) is 7.43. The van der Waals surface area contributed by atoms with Crippen molar-refractivity contribution < 1.29 is 9.50 Å². The van der Waals surface area contributed by atoms with Crippen LogP contribution < -0.4 is 0 Å². The summed E-state index contributed by atoms with van der Waals surface area (Å²) in [5.74, 6) is -0.181. The van der Waals surface area contributed by atoms with Crippen molar-refractivity contribution in [1.29, 1.82) is 0 Å². The molecule has 0 aliphatic carbocycles. The Balaban J connectivity index is 1.55. The number of nitrogens with zero attached hydrogens (tertiary/aromatic N) is 3. The molecule has 0 radical (unpaired) electrons. The molecule has 2 fully saturated rings. The highest BCUT2D eigenvalue weighted by molar-refractivity contribution is 5.16. The first kappa shape index (κ1) is 19.7. The Morgan fingerprint density at radius 1 is 1.08 bits per heavy atom. The predicted molar refractivity (Wildman–Crippen MR) is 104 cm³/mol. The first-order valence-electron chi connectivity index (χ1n) is 10.3. The molecule has 2 aliphatic heterocycles. The van der Waals surface area contributed by atoms with Gasteiger partial charge in [-0.25, -0.2) is 4.39 Å². The fourth-order valence-corrected chi connectivity index (χ4v) is 4.53. The van der Waals surface area contributed by atoms with Crippen molar-refractivity contribution in [3.8, 4) is 0 Å². The highest BCUT2D eigenvalue weighted by Crippen LogP contribution is 2.23. The summed E-state index contributed by atoms with van der Waals surface area (Å²) in [7, 11) is 0. The third-order valence-electron chi connectivity index (χ3n) is 6.01. The lowest BCUT2D eigenvalue weighted by atomic mass is 9.99. The topological polar surface area (TPSA) is 30.0 Å². The number of piperazine rings is 1. The molecule has 4 nitrogen and oxygen atoms in total. The van der Waals surface area contributed by atoms with Gasteiger partial charge in [-0.1, -0.05) is 19.1 Å². The second-order valence-electron chi connectivity index (χ2n) is 7.83. The predicted octanol–water partition coefficient (Wildman–Crippen LogP) is 2.57. The number of halogens is 1. The smallest absolute Gasteiger partial charge is 0.123 e. The van der Waals surface area contributed by atoms with E-state index in [0.29, 0.717) is 12.1 Å². The van der Waals surface area contributed by atoms with Crippen LogP contribution in [0.25, 0.3) is 0 Å². The number of benzene rings is 1. The molecule has 0 bridgehead atoms. The van der Waals surface area contributed by atoms with Gasteiger partial charge in [0.05, 0.1) is 0 Å². The SMILES string of the molecule is CCCN1CCC(N2CCN(Cc3ccc(F)cc3)C(CCO)C2)CC1. The van der Waals surface area contributed by atoms with Crippen molar-refractivity contribution in [2.75, 3.05) is 45.9 Å². The zero-order valence-corrected chi connectivity index (χ0v) is 16.1. The molecular weight excluding hydrogens is 329 g/mol. The van der Waals surface area contributed by atoms with Crippen LogP contribution in [-0.4, -0.2) is 77.8 Å². The van der Waals surface area contributed by atoms with E-state index in [4.69, 9.17) is 0 Å². The lowest BCUT2D eigenvalue weighted by Crippen LogP contribution is -2.57. The Morgan fingerprint density at radius 3 is 2.46 bits per heavy atom. The van der Waals surface area contributed by atoms with Gasteiger partial charge in [-0.05, 0) is 63.0 Å². The lowest BCUT2D eigenvalue weighted by Gasteiger charge is -2.46. The molecule has 2 heterocycles.